The summed E-state index contributed by atoms with van der Waals surface area (Å²) >= 11 is 0. The fourth-order valence-electron chi connectivity index (χ4n) is 3.16. The molecule has 1 N–H and O–H groups in total. The Balaban J connectivity index is 1.65. The first-order valence-electron chi connectivity index (χ1n) is 6.79. The Morgan fingerprint density at radius 3 is 3.11 bits per heavy atom. The molecule has 0 bridgehead atoms. The molecule has 0 radical (unpaired) electrons. The number of amides is 1. The molecule has 2 saturated heterocycles. The van der Waals surface area contributed by atoms with Crippen LogP contribution in [-0.2, 0) is 0 Å². The van der Waals surface area contributed by atoms with Gasteiger partial charge < -0.3 is 5.32 Å². The highest BCUT2D eigenvalue weighted by Crippen LogP contribution is 2.27. The van der Waals surface area contributed by atoms with Gasteiger partial charge in [0.15, 0.2) is 0 Å². The predicted octanol–water partition coefficient (Wildman–Crippen LogP) is 1.44. The third-order valence-electron chi connectivity index (χ3n) is 4.10. The molecule has 2 fully saturated rings. The Kier molecular flexibility index (Phi) is 3.28. The van der Waals surface area contributed by atoms with E-state index in [9.17, 15) is 4.79 Å². The molecule has 3 heterocycles. The molecule has 0 aliphatic carbocycles. The van der Waals surface area contributed by atoms with Gasteiger partial charge in [-0.15, -0.1) is 0 Å². The number of nitrogens with one attached hydrogen (secondary N) is 1. The lowest BCUT2D eigenvalue weighted by molar-refractivity contribution is 0.0915. The van der Waals surface area contributed by atoms with Gasteiger partial charge in [-0.05, 0) is 37.9 Å². The van der Waals surface area contributed by atoms with E-state index in [4.69, 9.17) is 0 Å². The van der Waals surface area contributed by atoms with E-state index in [2.05, 4.69) is 15.2 Å². The van der Waals surface area contributed by atoms with Crippen LogP contribution < -0.4 is 5.32 Å². The number of pyridine rings is 1. The number of nitrogens with zero attached hydrogens (tertiary/aromatic N) is 2. The second-order valence-electron chi connectivity index (χ2n) is 5.21. The summed E-state index contributed by atoms with van der Waals surface area (Å²) in [5.41, 5.74) is 0.659. The SMILES string of the molecule is O=C(N[C@H]1CCN2CCCC[C@@H]12)c1cccnc1. The number of hydrogen-bond donors (Lipinski definition) is 1. The summed E-state index contributed by atoms with van der Waals surface area (Å²) in [7, 11) is 0. The minimum Gasteiger partial charge on any atom is -0.348 e. The van der Waals surface area contributed by atoms with E-state index in [1.165, 1.54) is 25.8 Å². The molecule has 2 atom stereocenters. The van der Waals surface area contributed by atoms with Crippen molar-refractivity contribution in [1.82, 2.24) is 15.2 Å². The van der Waals surface area contributed by atoms with Gasteiger partial charge in [-0.2, -0.15) is 0 Å². The van der Waals surface area contributed by atoms with Crippen molar-refractivity contribution in [3.8, 4) is 0 Å². The fourth-order valence-corrected chi connectivity index (χ4v) is 3.16. The van der Waals surface area contributed by atoms with Gasteiger partial charge in [0, 0.05) is 31.0 Å². The number of rotatable bonds is 2. The summed E-state index contributed by atoms with van der Waals surface area (Å²) in [5.74, 6) is 0.0144. The Labute approximate surface area is 107 Å². The fraction of sp³-hybridized carbons (Fsp3) is 0.571. The van der Waals surface area contributed by atoms with Crippen LogP contribution in [0.15, 0.2) is 24.5 Å². The van der Waals surface area contributed by atoms with Gasteiger partial charge in [-0.25, -0.2) is 0 Å². The largest absolute Gasteiger partial charge is 0.348 e. The predicted molar refractivity (Wildman–Crippen MR) is 69.3 cm³/mol. The summed E-state index contributed by atoms with van der Waals surface area (Å²) in [4.78, 5) is 18.6. The molecule has 2 aliphatic heterocycles. The molecule has 0 unspecified atom stereocenters. The molecule has 0 saturated carbocycles. The van der Waals surface area contributed by atoms with Gasteiger partial charge in [0.25, 0.3) is 5.91 Å². The van der Waals surface area contributed by atoms with Gasteiger partial charge in [0.2, 0.25) is 0 Å². The second kappa shape index (κ2) is 5.06. The first-order chi connectivity index (χ1) is 8.84. The Hall–Kier alpha value is -1.42. The van der Waals surface area contributed by atoms with Crippen LogP contribution in [0.1, 0.15) is 36.0 Å². The van der Waals surface area contributed by atoms with E-state index in [0.717, 1.165) is 13.0 Å². The van der Waals surface area contributed by atoms with Gasteiger partial charge in [-0.1, -0.05) is 6.42 Å². The zero-order valence-corrected chi connectivity index (χ0v) is 10.5. The highest BCUT2D eigenvalue weighted by Gasteiger charge is 2.36. The van der Waals surface area contributed by atoms with Crippen LogP contribution in [0.4, 0.5) is 0 Å². The van der Waals surface area contributed by atoms with Gasteiger partial charge in [-0.3, -0.25) is 14.7 Å². The highest BCUT2D eigenvalue weighted by atomic mass is 16.1. The Morgan fingerprint density at radius 2 is 2.28 bits per heavy atom. The molecule has 0 aromatic carbocycles. The average molecular weight is 245 g/mol. The molecule has 4 heteroatoms. The molecule has 96 valence electrons. The molecule has 3 rings (SSSR count). The number of piperidine rings is 1. The van der Waals surface area contributed by atoms with E-state index in [1.54, 1.807) is 18.5 Å². The minimum absolute atomic E-state index is 0.0144. The standard InChI is InChI=1S/C14H19N3O/c18-14(11-4-3-7-15-10-11)16-12-6-9-17-8-2-1-5-13(12)17/h3-4,7,10,12-13H,1-2,5-6,8-9H2,(H,16,18)/t12-,13-/m0/s1. The minimum atomic E-state index is 0.0144. The maximum atomic E-state index is 12.1. The van der Waals surface area contributed by atoms with Crippen molar-refractivity contribution in [3.05, 3.63) is 30.1 Å². The van der Waals surface area contributed by atoms with Crippen LogP contribution >= 0.6 is 0 Å². The van der Waals surface area contributed by atoms with E-state index in [1.807, 2.05) is 6.07 Å². The number of fused-ring (bicyclic) bond motifs is 1. The molecular formula is C14H19N3O. The van der Waals surface area contributed by atoms with E-state index < -0.39 is 0 Å². The summed E-state index contributed by atoms with van der Waals surface area (Å²) in [6.45, 7) is 2.33. The van der Waals surface area contributed by atoms with Crippen LogP contribution in [0.2, 0.25) is 0 Å². The quantitative estimate of drug-likeness (QED) is 0.857. The third-order valence-corrected chi connectivity index (χ3v) is 4.10. The Morgan fingerprint density at radius 1 is 1.33 bits per heavy atom. The molecule has 1 aromatic rings. The third kappa shape index (κ3) is 2.25. The lowest BCUT2D eigenvalue weighted by Gasteiger charge is -2.32. The average Bonchev–Trinajstić information content (AvgIpc) is 2.83. The maximum absolute atomic E-state index is 12.1. The van der Waals surface area contributed by atoms with Gasteiger partial charge in [0.05, 0.1) is 5.56 Å². The normalized spacial score (nSPS) is 27.8. The van der Waals surface area contributed by atoms with Crippen LogP contribution in [0.3, 0.4) is 0 Å². The Bertz CT molecular complexity index is 420. The zero-order valence-electron chi connectivity index (χ0n) is 10.5. The molecule has 4 nitrogen and oxygen atoms in total. The highest BCUT2D eigenvalue weighted by molar-refractivity contribution is 5.94. The monoisotopic (exact) mass is 245 g/mol. The van der Waals surface area contributed by atoms with Crippen molar-refractivity contribution in [2.75, 3.05) is 13.1 Å². The van der Waals surface area contributed by atoms with Crippen molar-refractivity contribution >= 4 is 5.91 Å². The number of carbonyl (C=O) groups is 1. The first kappa shape index (κ1) is 11.7. The van der Waals surface area contributed by atoms with Crippen LogP contribution in [0.25, 0.3) is 0 Å². The molecule has 0 spiro atoms. The van der Waals surface area contributed by atoms with Crippen molar-refractivity contribution < 1.29 is 4.79 Å². The molecule has 1 amide bonds. The zero-order chi connectivity index (χ0) is 12.4. The van der Waals surface area contributed by atoms with Crippen molar-refractivity contribution in [1.29, 1.82) is 0 Å². The smallest absolute Gasteiger partial charge is 0.253 e. The lowest BCUT2D eigenvalue weighted by Crippen LogP contribution is -2.46. The van der Waals surface area contributed by atoms with Crippen LogP contribution in [0, 0.1) is 0 Å². The maximum Gasteiger partial charge on any atom is 0.253 e. The van der Waals surface area contributed by atoms with Crippen LogP contribution in [-0.4, -0.2) is 41.0 Å². The molecule has 18 heavy (non-hydrogen) atoms. The number of carbonyl (C=O) groups excluding carboxylic acids is 1. The molecule has 2 aliphatic rings. The van der Waals surface area contributed by atoms with E-state index in [-0.39, 0.29) is 5.91 Å². The molecule has 1 aromatic heterocycles. The summed E-state index contributed by atoms with van der Waals surface area (Å²) in [6, 6.07) is 4.49. The number of hydrogen-bond acceptors (Lipinski definition) is 3. The van der Waals surface area contributed by atoms with Crippen LogP contribution in [0.5, 0.6) is 0 Å². The number of aromatic nitrogens is 1. The van der Waals surface area contributed by atoms with Crippen molar-refractivity contribution in [2.24, 2.45) is 0 Å². The summed E-state index contributed by atoms with van der Waals surface area (Å²) < 4.78 is 0. The van der Waals surface area contributed by atoms with E-state index >= 15 is 0 Å². The summed E-state index contributed by atoms with van der Waals surface area (Å²) in [5, 5.41) is 3.17. The first-order valence-corrected chi connectivity index (χ1v) is 6.79. The lowest BCUT2D eigenvalue weighted by atomic mass is 9.99. The van der Waals surface area contributed by atoms with Gasteiger partial charge >= 0.3 is 0 Å². The van der Waals surface area contributed by atoms with Gasteiger partial charge in [0.1, 0.15) is 0 Å². The topological polar surface area (TPSA) is 45.2 Å². The second-order valence-corrected chi connectivity index (χ2v) is 5.21. The summed E-state index contributed by atoms with van der Waals surface area (Å²) in [6.07, 6.45) is 8.22. The van der Waals surface area contributed by atoms with Crippen molar-refractivity contribution in [3.63, 3.8) is 0 Å². The van der Waals surface area contributed by atoms with E-state index in [0.29, 0.717) is 17.6 Å². The van der Waals surface area contributed by atoms with Crippen molar-refractivity contribution in [2.45, 2.75) is 37.8 Å². The molecular weight excluding hydrogens is 226 g/mol.